The zero-order valence-electron chi connectivity index (χ0n) is 24.0. The smallest absolute Gasteiger partial charge is 0.408 e. The Labute approximate surface area is 231 Å². The number of rotatable bonds is 9. The van der Waals surface area contributed by atoms with Crippen molar-refractivity contribution in [1.82, 2.24) is 10.2 Å². The first-order chi connectivity index (χ1) is 18.4. The summed E-state index contributed by atoms with van der Waals surface area (Å²) >= 11 is 0. The minimum Gasteiger partial charge on any atom is -0.444 e. The molecule has 0 saturated carbocycles. The van der Waals surface area contributed by atoms with Crippen LogP contribution in [0.2, 0.25) is 0 Å². The van der Waals surface area contributed by atoms with Crippen LogP contribution in [0.3, 0.4) is 0 Å². The molecule has 0 radical (unpaired) electrons. The maximum atomic E-state index is 14.2. The van der Waals surface area contributed by atoms with Crippen LogP contribution in [0.1, 0.15) is 66.5 Å². The van der Waals surface area contributed by atoms with E-state index in [4.69, 9.17) is 4.74 Å². The fourth-order valence-electron chi connectivity index (χ4n) is 4.46. The Balaban J connectivity index is 2.01. The highest BCUT2D eigenvalue weighted by Gasteiger charge is 2.39. The highest BCUT2D eigenvalue weighted by atomic mass is 16.6. The van der Waals surface area contributed by atoms with Gasteiger partial charge in [-0.1, -0.05) is 81.4 Å². The number of hydrogen-bond donors (Lipinski definition) is 2. The lowest BCUT2D eigenvalue weighted by Crippen LogP contribution is -2.56. The molecule has 0 fully saturated rings. The van der Waals surface area contributed by atoms with E-state index >= 15 is 0 Å². The van der Waals surface area contributed by atoms with Crippen molar-refractivity contribution in [3.8, 4) is 0 Å². The number of fused-ring (bicyclic) bond motifs is 1. The van der Waals surface area contributed by atoms with Crippen molar-refractivity contribution in [3.63, 3.8) is 0 Å². The predicted molar refractivity (Wildman–Crippen MR) is 156 cm³/mol. The van der Waals surface area contributed by atoms with Crippen molar-refractivity contribution in [2.75, 3.05) is 5.32 Å². The molecule has 208 valence electrons. The highest BCUT2D eigenvalue weighted by Crippen LogP contribution is 2.29. The van der Waals surface area contributed by atoms with Crippen LogP contribution in [0.25, 0.3) is 10.8 Å². The van der Waals surface area contributed by atoms with E-state index < -0.39 is 23.8 Å². The summed E-state index contributed by atoms with van der Waals surface area (Å²) in [6.45, 7) is 12.9. The average Bonchev–Trinajstić information content (AvgIpc) is 2.88. The topological polar surface area (TPSA) is 87.7 Å². The molecule has 2 N–H and O–H groups in total. The van der Waals surface area contributed by atoms with Crippen molar-refractivity contribution in [3.05, 3.63) is 78.4 Å². The first-order valence-electron chi connectivity index (χ1n) is 13.6. The number of anilines is 1. The molecule has 3 atom stereocenters. The zero-order chi connectivity index (χ0) is 28.7. The van der Waals surface area contributed by atoms with E-state index in [-0.39, 0.29) is 23.8 Å². The molecule has 3 amide bonds. The summed E-state index contributed by atoms with van der Waals surface area (Å²) in [5.74, 6) is -0.908. The molecular weight excluding hydrogens is 490 g/mol. The Kier molecular flexibility index (Phi) is 9.73. The van der Waals surface area contributed by atoms with Crippen LogP contribution in [-0.2, 0) is 14.3 Å². The molecule has 0 aliphatic heterocycles. The van der Waals surface area contributed by atoms with Gasteiger partial charge in [-0.3, -0.25) is 9.59 Å². The normalized spacial score (nSPS) is 13.8. The summed E-state index contributed by atoms with van der Waals surface area (Å²) in [7, 11) is 0. The van der Waals surface area contributed by atoms with Gasteiger partial charge in [-0.05, 0) is 68.5 Å². The molecule has 0 aromatic heterocycles. The lowest BCUT2D eigenvalue weighted by atomic mass is 9.96. The van der Waals surface area contributed by atoms with Gasteiger partial charge in [-0.15, -0.1) is 0 Å². The van der Waals surface area contributed by atoms with Gasteiger partial charge in [0.1, 0.15) is 17.7 Å². The van der Waals surface area contributed by atoms with Crippen LogP contribution < -0.4 is 10.6 Å². The van der Waals surface area contributed by atoms with E-state index in [0.29, 0.717) is 17.7 Å². The molecular formula is C32H41N3O4. The van der Waals surface area contributed by atoms with Gasteiger partial charge < -0.3 is 20.3 Å². The second-order valence-electron chi connectivity index (χ2n) is 11.2. The van der Waals surface area contributed by atoms with E-state index in [1.54, 1.807) is 25.7 Å². The molecule has 3 unspecified atom stereocenters. The molecule has 39 heavy (non-hydrogen) atoms. The van der Waals surface area contributed by atoms with Gasteiger partial charge in [0.2, 0.25) is 5.91 Å². The molecule has 0 spiro atoms. The SMILES string of the molecule is CCC(C)N(C(=O)C(NC(=O)OC(C)(C)C)C(C)C)C(C(=O)Nc1ccc2ccccc2c1)c1ccccc1. The molecule has 3 aromatic carbocycles. The first-order valence-corrected chi connectivity index (χ1v) is 13.6. The summed E-state index contributed by atoms with van der Waals surface area (Å²) in [4.78, 5) is 42.5. The standard InChI is InChI=1S/C32H41N3O4/c1-8-22(4)35(30(37)27(21(2)3)34-31(38)39-32(5,6)7)28(24-15-10-9-11-16-24)29(36)33-26-19-18-23-14-12-13-17-25(23)20-26/h9-22,27-28H,8H2,1-7H3,(H,33,36)(H,34,38). The Morgan fingerprint density at radius 1 is 0.872 bits per heavy atom. The Morgan fingerprint density at radius 3 is 2.08 bits per heavy atom. The highest BCUT2D eigenvalue weighted by molar-refractivity contribution is 6.00. The molecule has 3 aromatic rings. The van der Waals surface area contributed by atoms with Gasteiger partial charge in [0.25, 0.3) is 5.91 Å². The van der Waals surface area contributed by atoms with Gasteiger partial charge in [0.15, 0.2) is 0 Å². The Hall–Kier alpha value is -3.87. The van der Waals surface area contributed by atoms with Crippen LogP contribution in [-0.4, -0.2) is 40.5 Å². The number of amides is 3. The van der Waals surface area contributed by atoms with Crippen LogP contribution in [0.15, 0.2) is 72.8 Å². The van der Waals surface area contributed by atoms with Crippen molar-refractivity contribution in [2.24, 2.45) is 5.92 Å². The third kappa shape index (κ3) is 7.82. The van der Waals surface area contributed by atoms with Gasteiger partial charge in [0.05, 0.1) is 0 Å². The van der Waals surface area contributed by atoms with E-state index in [0.717, 1.165) is 10.8 Å². The Morgan fingerprint density at radius 2 is 1.49 bits per heavy atom. The number of carbonyl (C=O) groups is 3. The number of nitrogens with one attached hydrogen (secondary N) is 2. The minimum absolute atomic E-state index is 0.239. The van der Waals surface area contributed by atoms with Crippen molar-refractivity contribution in [1.29, 1.82) is 0 Å². The summed E-state index contributed by atoms with van der Waals surface area (Å²) < 4.78 is 5.44. The number of alkyl carbamates (subject to hydrolysis) is 1. The summed E-state index contributed by atoms with van der Waals surface area (Å²) in [5.41, 5.74) is 0.616. The van der Waals surface area contributed by atoms with E-state index in [2.05, 4.69) is 10.6 Å². The van der Waals surface area contributed by atoms with Crippen LogP contribution in [0.5, 0.6) is 0 Å². The van der Waals surface area contributed by atoms with Gasteiger partial charge in [-0.25, -0.2) is 4.79 Å². The molecule has 3 rings (SSSR count). The predicted octanol–water partition coefficient (Wildman–Crippen LogP) is 6.70. The van der Waals surface area contributed by atoms with Crippen LogP contribution in [0, 0.1) is 5.92 Å². The molecule has 0 aliphatic carbocycles. The second-order valence-corrected chi connectivity index (χ2v) is 11.2. The van der Waals surface area contributed by atoms with E-state index in [1.807, 2.05) is 100 Å². The van der Waals surface area contributed by atoms with Crippen LogP contribution in [0.4, 0.5) is 10.5 Å². The van der Waals surface area contributed by atoms with Gasteiger partial charge in [0, 0.05) is 11.7 Å². The van der Waals surface area contributed by atoms with Gasteiger partial charge >= 0.3 is 6.09 Å². The molecule has 0 aliphatic rings. The largest absolute Gasteiger partial charge is 0.444 e. The second kappa shape index (κ2) is 12.8. The molecule has 0 saturated heterocycles. The zero-order valence-corrected chi connectivity index (χ0v) is 24.0. The van der Waals surface area contributed by atoms with Crippen molar-refractivity contribution < 1.29 is 19.1 Å². The molecule has 7 heteroatoms. The monoisotopic (exact) mass is 531 g/mol. The Bertz CT molecular complexity index is 1280. The first kappa shape index (κ1) is 29.7. The number of hydrogen-bond acceptors (Lipinski definition) is 4. The summed E-state index contributed by atoms with van der Waals surface area (Å²) in [6.07, 6.45) is -0.0502. The van der Waals surface area contributed by atoms with Crippen molar-refractivity contribution >= 4 is 34.4 Å². The van der Waals surface area contributed by atoms with Crippen LogP contribution >= 0.6 is 0 Å². The van der Waals surface area contributed by atoms with E-state index in [1.165, 1.54) is 0 Å². The minimum atomic E-state index is -0.915. The fourth-order valence-corrected chi connectivity index (χ4v) is 4.46. The third-order valence-corrected chi connectivity index (χ3v) is 6.58. The molecule has 0 bridgehead atoms. The van der Waals surface area contributed by atoms with Crippen molar-refractivity contribution in [2.45, 2.75) is 78.6 Å². The summed E-state index contributed by atoms with van der Waals surface area (Å²) in [6, 6.07) is 20.9. The molecule has 7 nitrogen and oxygen atoms in total. The summed E-state index contributed by atoms with van der Waals surface area (Å²) in [5, 5.41) is 7.88. The lowest BCUT2D eigenvalue weighted by molar-refractivity contribution is -0.144. The van der Waals surface area contributed by atoms with Gasteiger partial charge in [-0.2, -0.15) is 0 Å². The number of carbonyl (C=O) groups excluding carboxylic acids is 3. The maximum Gasteiger partial charge on any atom is 0.408 e. The number of ether oxygens (including phenoxy) is 1. The molecule has 0 heterocycles. The maximum absolute atomic E-state index is 14.2. The average molecular weight is 532 g/mol. The quantitative estimate of drug-likeness (QED) is 0.322. The number of nitrogens with zero attached hydrogens (tertiary/aromatic N) is 1. The fraction of sp³-hybridized carbons (Fsp3) is 0.406. The lowest BCUT2D eigenvalue weighted by Gasteiger charge is -2.39. The number of benzene rings is 3. The third-order valence-electron chi connectivity index (χ3n) is 6.58. The van der Waals surface area contributed by atoms with E-state index in [9.17, 15) is 14.4 Å².